The monoisotopic (exact) mass is 355 g/mol. The summed E-state index contributed by atoms with van der Waals surface area (Å²) in [5.41, 5.74) is 1.15. The van der Waals surface area contributed by atoms with Crippen molar-refractivity contribution in [2.45, 2.75) is 12.8 Å². The number of rotatable bonds is 5. The number of ether oxygens (including phenoxy) is 1. The number of nitrogens with one attached hydrogen (secondary N) is 1. The van der Waals surface area contributed by atoms with Gasteiger partial charge in [0.2, 0.25) is 0 Å². The highest BCUT2D eigenvalue weighted by molar-refractivity contribution is 6.04. The number of amides is 1. The van der Waals surface area contributed by atoms with Crippen molar-refractivity contribution in [2.75, 3.05) is 30.4 Å². The minimum Gasteiger partial charge on any atom is -0.497 e. The third-order valence-corrected chi connectivity index (χ3v) is 4.50. The lowest BCUT2D eigenvalue weighted by atomic mass is 9.97. The Morgan fingerprint density at radius 1 is 1.23 bits per heavy atom. The van der Waals surface area contributed by atoms with E-state index in [1.807, 2.05) is 4.90 Å². The zero-order valence-electron chi connectivity index (χ0n) is 14.5. The van der Waals surface area contributed by atoms with Crippen LogP contribution in [0.1, 0.15) is 23.2 Å². The quantitative estimate of drug-likeness (QED) is 0.857. The second-order valence-electron chi connectivity index (χ2n) is 6.19. The summed E-state index contributed by atoms with van der Waals surface area (Å²) in [5, 5.41) is 11.9. The average Bonchev–Trinajstić information content (AvgIpc) is 2.68. The van der Waals surface area contributed by atoms with Crippen LogP contribution in [0.15, 0.2) is 42.6 Å². The standard InChI is InChI=1S/C19H21N3O4/c1-26-16-4-2-3-15(12-16)21-18(23)14-5-8-20-17(11-14)22-9-6-13(7-10-22)19(24)25/h2-5,8,11-13H,6-7,9-10H2,1H3,(H,21,23)(H,24,25). The lowest BCUT2D eigenvalue weighted by Crippen LogP contribution is -2.36. The van der Waals surface area contributed by atoms with Gasteiger partial charge in [0.25, 0.3) is 5.91 Å². The molecule has 7 heteroatoms. The Balaban J connectivity index is 1.68. The van der Waals surface area contributed by atoms with Crippen molar-refractivity contribution in [1.82, 2.24) is 4.98 Å². The highest BCUT2D eigenvalue weighted by Gasteiger charge is 2.25. The summed E-state index contributed by atoms with van der Waals surface area (Å²) >= 11 is 0. The smallest absolute Gasteiger partial charge is 0.306 e. The predicted octanol–water partition coefficient (Wildman–Crippen LogP) is 2.64. The van der Waals surface area contributed by atoms with Crippen LogP contribution in [0, 0.1) is 5.92 Å². The predicted molar refractivity (Wildman–Crippen MR) is 97.8 cm³/mol. The molecular formula is C19H21N3O4. The van der Waals surface area contributed by atoms with Gasteiger partial charge < -0.3 is 20.1 Å². The first-order valence-electron chi connectivity index (χ1n) is 8.46. The largest absolute Gasteiger partial charge is 0.497 e. The van der Waals surface area contributed by atoms with E-state index in [-0.39, 0.29) is 11.8 Å². The maximum Gasteiger partial charge on any atom is 0.306 e. The second kappa shape index (κ2) is 7.86. The molecule has 1 aliphatic rings. The third-order valence-electron chi connectivity index (χ3n) is 4.50. The molecule has 1 aliphatic heterocycles. The van der Waals surface area contributed by atoms with Gasteiger partial charge in [0.05, 0.1) is 13.0 Å². The summed E-state index contributed by atoms with van der Waals surface area (Å²) in [5.74, 6) is 0.0730. The molecule has 0 unspecified atom stereocenters. The molecule has 1 saturated heterocycles. The molecule has 0 aliphatic carbocycles. The number of carbonyl (C=O) groups excluding carboxylic acids is 1. The Morgan fingerprint density at radius 3 is 2.69 bits per heavy atom. The van der Waals surface area contributed by atoms with Crippen LogP contribution in [0.3, 0.4) is 0 Å². The number of pyridine rings is 1. The van der Waals surface area contributed by atoms with Gasteiger partial charge in [0.15, 0.2) is 0 Å². The SMILES string of the molecule is COc1cccc(NC(=O)c2ccnc(N3CCC(C(=O)O)CC3)c2)c1. The van der Waals surface area contributed by atoms with Crippen molar-refractivity contribution in [3.8, 4) is 5.75 Å². The van der Waals surface area contributed by atoms with Gasteiger partial charge in [0, 0.05) is 36.6 Å². The van der Waals surface area contributed by atoms with Crippen LogP contribution < -0.4 is 15.0 Å². The number of methoxy groups -OCH3 is 1. The van der Waals surface area contributed by atoms with Crippen LogP contribution in [0.2, 0.25) is 0 Å². The van der Waals surface area contributed by atoms with Crippen LogP contribution in [0.4, 0.5) is 11.5 Å². The molecule has 0 spiro atoms. The summed E-state index contributed by atoms with van der Waals surface area (Å²) < 4.78 is 5.16. The number of aliphatic carboxylic acids is 1. The lowest BCUT2D eigenvalue weighted by molar-refractivity contribution is -0.142. The maximum absolute atomic E-state index is 12.5. The molecule has 2 N–H and O–H groups in total. The van der Waals surface area contributed by atoms with Gasteiger partial charge in [-0.05, 0) is 37.1 Å². The van der Waals surface area contributed by atoms with Gasteiger partial charge in [-0.15, -0.1) is 0 Å². The minimum atomic E-state index is -0.746. The minimum absolute atomic E-state index is 0.234. The van der Waals surface area contributed by atoms with E-state index in [1.54, 1.807) is 49.7 Å². The first-order chi connectivity index (χ1) is 12.6. The molecule has 1 aromatic heterocycles. The fourth-order valence-corrected chi connectivity index (χ4v) is 2.99. The number of nitrogens with zero attached hydrogens (tertiary/aromatic N) is 2. The van der Waals surface area contributed by atoms with E-state index >= 15 is 0 Å². The van der Waals surface area contributed by atoms with E-state index in [1.165, 1.54) is 0 Å². The molecule has 0 saturated carbocycles. The second-order valence-corrected chi connectivity index (χ2v) is 6.19. The van der Waals surface area contributed by atoms with Crippen LogP contribution >= 0.6 is 0 Å². The molecule has 26 heavy (non-hydrogen) atoms. The van der Waals surface area contributed by atoms with E-state index in [9.17, 15) is 9.59 Å². The van der Waals surface area contributed by atoms with E-state index in [0.717, 1.165) is 0 Å². The molecule has 0 bridgehead atoms. The number of carboxylic acid groups (broad SMARTS) is 1. The van der Waals surface area contributed by atoms with E-state index in [4.69, 9.17) is 9.84 Å². The topological polar surface area (TPSA) is 91.8 Å². The zero-order chi connectivity index (χ0) is 18.5. The van der Waals surface area contributed by atoms with E-state index < -0.39 is 5.97 Å². The fourth-order valence-electron chi connectivity index (χ4n) is 2.99. The maximum atomic E-state index is 12.5. The molecule has 1 amide bonds. The number of carboxylic acids is 1. The molecule has 0 atom stereocenters. The van der Waals surface area contributed by atoms with Crippen molar-refractivity contribution in [3.05, 3.63) is 48.2 Å². The number of anilines is 2. The number of benzene rings is 1. The van der Waals surface area contributed by atoms with Crippen molar-refractivity contribution >= 4 is 23.4 Å². The molecule has 1 aromatic carbocycles. The van der Waals surface area contributed by atoms with Crippen molar-refractivity contribution < 1.29 is 19.4 Å². The fraction of sp³-hybridized carbons (Fsp3) is 0.316. The molecule has 2 aromatic rings. The van der Waals surface area contributed by atoms with Crippen LogP contribution in [0.25, 0.3) is 0 Å². The van der Waals surface area contributed by atoms with Gasteiger partial charge in [0.1, 0.15) is 11.6 Å². The first kappa shape index (κ1) is 17.7. The van der Waals surface area contributed by atoms with Crippen molar-refractivity contribution in [1.29, 1.82) is 0 Å². The number of aromatic nitrogens is 1. The highest BCUT2D eigenvalue weighted by Crippen LogP contribution is 2.23. The summed E-state index contributed by atoms with van der Waals surface area (Å²) in [7, 11) is 1.57. The molecule has 7 nitrogen and oxygen atoms in total. The van der Waals surface area contributed by atoms with Crippen molar-refractivity contribution in [2.24, 2.45) is 5.92 Å². The van der Waals surface area contributed by atoms with Gasteiger partial charge in [-0.3, -0.25) is 9.59 Å². The van der Waals surface area contributed by atoms with Gasteiger partial charge >= 0.3 is 5.97 Å². The highest BCUT2D eigenvalue weighted by atomic mass is 16.5. The molecular weight excluding hydrogens is 334 g/mol. The van der Waals surface area contributed by atoms with Crippen molar-refractivity contribution in [3.63, 3.8) is 0 Å². The van der Waals surface area contributed by atoms with Gasteiger partial charge in [-0.25, -0.2) is 4.98 Å². The number of hydrogen-bond acceptors (Lipinski definition) is 5. The van der Waals surface area contributed by atoms with Crippen LogP contribution in [-0.2, 0) is 4.79 Å². The first-order valence-corrected chi connectivity index (χ1v) is 8.46. The van der Waals surface area contributed by atoms with E-state index in [2.05, 4.69) is 10.3 Å². The Morgan fingerprint density at radius 2 is 2.00 bits per heavy atom. The summed E-state index contributed by atoms with van der Waals surface area (Å²) in [4.78, 5) is 29.9. The summed E-state index contributed by atoms with van der Waals surface area (Å²) in [6.07, 6.45) is 2.76. The van der Waals surface area contributed by atoms with Crippen LogP contribution in [-0.4, -0.2) is 42.2 Å². The normalized spacial score (nSPS) is 14.7. The molecule has 0 radical (unpaired) electrons. The Hall–Kier alpha value is -3.09. The lowest BCUT2D eigenvalue weighted by Gasteiger charge is -2.31. The van der Waals surface area contributed by atoms with Gasteiger partial charge in [-0.1, -0.05) is 6.07 Å². The Bertz CT molecular complexity index is 801. The number of hydrogen-bond donors (Lipinski definition) is 2. The molecule has 3 rings (SSSR count). The summed E-state index contributed by atoms with van der Waals surface area (Å²) in [6, 6.07) is 10.5. The Kier molecular flexibility index (Phi) is 5.36. The third kappa shape index (κ3) is 4.11. The Labute approximate surface area is 151 Å². The average molecular weight is 355 g/mol. The number of carbonyl (C=O) groups is 2. The molecule has 2 heterocycles. The van der Waals surface area contributed by atoms with E-state index in [0.29, 0.717) is 48.7 Å². The number of piperidine rings is 1. The molecule has 136 valence electrons. The van der Waals surface area contributed by atoms with Crippen LogP contribution in [0.5, 0.6) is 5.75 Å². The van der Waals surface area contributed by atoms with Gasteiger partial charge in [-0.2, -0.15) is 0 Å². The zero-order valence-corrected chi connectivity index (χ0v) is 14.5. The summed E-state index contributed by atoms with van der Waals surface area (Å²) in [6.45, 7) is 1.23. The molecule has 1 fully saturated rings.